The Bertz CT molecular complexity index is 1080. The minimum Gasteiger partial charge on any atom is -0.292 e. The monoisotopic (exact) mass is 426 g/mol. The second-order valence-electron chi connectivity index (χ2n) is 5.73. The lowest BCUT2D eigenvalue weighted by atomic mass is 10.1. The lowest BCUT2D eigenvalue weighted by Gasteiger charge is -2.09. The first-order valence-electron chi connectivity index (χ1n) is 7.40. The van der Waals surface area contributed by atoms with Crippen LogP contribution in [-0.2, 0) is 12.7 Å². The molecule has 0 bridgehead atoms. The first kappa shape index (κ1) is 16.5. The molecule has 0 saturated heterocycles. The van der Waals surface area contributed by atoms with Crippen LogP contribution in [0.1, 0.15) is 23.4 Å². The lowest BCUT2D eigenvalue weighted by molar-refractivity contribution is -0.137. The van der Waals surface area contributed by atoms with Crippen LogP contribution in [0.3, 0.4) is 0 Å². The van der Waals surface area contributed by atoms with Gasteiger partial charge in [0.2, 0.25) is 0 Å². The minimum atomic E-state index is -4.47. The first-order chi connectivity index (χ1) is 11.8. The lowest BCUT2D eigenvalue weighted by Crippen LogP contribution is -2.21. The molecular weight excluding hydrogens is 417 g/mol. The molecule has 3 heterocycles. The van der Waals surface area contributed by atoms with Crippen molar-refractivity contribution in [2.24, 2.45) is 0 Å². The molecule has 0 aliphatic carbocycles. The van der Waals surface area contributed by atoms with E-state index in [0.29, 0.717) is 18.8 Å². The van der Waals surface area contributed by atoms with E-state index >= 15 is 0 Å². The number of alkyl halides is 3. The topological polar surface area (TPSA) is 34.9 Å². The van der Waals surface area contributed by atoms with Crippen LogP contribution in [0, 0.1) is 0 Å². The Morgan fingerprint density at radius 2 is 2.08 bits per heavy atom. The van der Waals surface area contributed by atoms with Gasteiger partial charge in [0.1, 0.15) is 5.82 Å². The fourth-order valence-electron chi connectivity index (χ4n) is 2.93. The molecular formula is C17H10BrF3N2OS. The maximum atomic E-state index is 12.9. The van der Waals surface area contributed by atoms with E-state index in [-0.39, 0.29) is 16.5 Å². The molecule has 0 fully saturated rings. The van der Waals surface area contributed by atoms with E-state index in [9.17, 15) is 18.0 Å². The third-order valence-electron chi connectivity index (χ3n) is 4.10. The molecule has 0 unspecified atom stereocenters. The molecule has 8 heteroatoms. The van der Waals surface area contributed by atoms with Crippen LogP contribution in [0.15, 0.2) is 38.2 Å². The van der Waals surface area contributed by atoms with Crippen molar-refractivity contribution in [3.63, 3.8) is 0 Å². The van der Waals surface area contributed by atoms with Gasteiger partial charge in [0.25, 0.3) is 5.56 Å². The fourth-order valence-corrected chi connectivity index (χ4v) is 4.06. The van der Waals surface area contributed by atoms with Crippen molar-refractivity contribution in [2.75, 3.05) is 0 Å². The fraction of sp³-hybridized carbons (Fsp3) is 0.176. The quantitative estimate of drug-likeness (QED) is 0.536. The molecule has 4 rings (SSSR count). The molecule has 0 atom stereocenters. The molecule has 1 aliphatic rings. The highest BCUT2D eigenvalue weighted by atomic mass is 79.9. The average Bonchev–Trinajstić information content (AvgIpc) is 3.13. The summed E-state index contributed by atoms with van der Waals surface area (Å²) in [5.74, 6) is 0.444. The summed E-state index contributed by atoms with van der Waals surface area (Å²) < 4.78 is 41.3. The van der Waals surface area contributed by atoms with Gasteiger partial charge >= 0.3 is 6.18 Å². The van der Waals surface area contributed by atoms with Gasteiger partial charge in [0, 0.05) is 6.54 Å². The van der Waals surface area contributed by atoms with E-state index in [1.807, 2.05) is 17.5 Å². The number of nitrogens with zero attached hydrogens (tertiary/aromatic N) is 2. The number of thiophene rings is 1. The maximum Gasteiger partial charge on any atom is 0.416 e. The van der Waals surface area contributed by atoms with Crippen molar-refractivity contribution in [3.05, 3.63) is 60.7 Å². The Balaban J connectivity index is 1.90. The van der Waals surface area contributed by atoms with Gasteiger partial charge in [0.15, 0.2) is 0 Å². The Morgan fingerprint density at radius 1 is 1.28 bits per heavy atom. The maximum absolute atomic E-state index is 12.9. The van der Waals surface area contributed by atoms with Crippen molar-refractivity contribution < 1.29 is 13.2 Å². The molecule has 3 nitrogen and oxygen atoms in total. The van der Waals surface area contributed by atoms with Gasteiger partial charge in [-0.2, -0.15) is 13.2 Å². The summed E-state index contributed by atoms with van der Waals surface area (Å²) in [6.45, 7) is 0.481. The first-order valence-corrected chi connectivity index (χ1v) is 9.07. The third-order valence-corrected chi connectivity index (χ3v) is 5.63. The number of aromatic nitrogens is 2. The average molecular weight is 427 g/mol. The van der Waals surface area contributed by atoms with Crippen molar-refractivity contribution in [1.29, 1.82) is 0 Å². The van der Waals surface area contributed by atoms with E-state index in [2.05, 4.69) is 20.9 Å². The summed E-state index contributed by atoms with van der Waals surface area (Å²) in [5, 5.41) is 2.16. The van der Waals surface area contributed by atoms with E-state index in [1.54, 1.807) is 0 Å². The molecule has 128 valence electrons. The van der Waals surface area contributed by atoms with Crippen molar-refractivity contribution >= 4 is 49.8 Å². The molecule has 0 N–H and O–H groups in total. The van der Waals surface area contributed by atoms with Crippen LogP contribution >= 0.6 is 27.3 Å². The number of fused-ring (bicyclic) bond motifs is 2. The second kappa shape index (κ2) is 5.81. The van der Waals surface area contributed by atoms with E-state index in [1.165, 1.54) is 22.0 Å². The summed E-state index contributed by atoms with van der Waals surface area (Å²) in [6, 6.07) is 5.02. The number of benzene rings is 1. The predicted octanol–water partition coefficient (Wildman–Crippen LogP) is 5.18. The molecule has 0 amide bonds. The molecule has 0 saturated carbocycles. The Kier molecular flexibility index (Phi) is 3.84. The number of rotatable bonds is 1. The van der Waals surface area contributed by atoms with Gasteiger partial charge in [-0.25, -0.2) is 4.98 Å². The van der Waals surface area contributed by atoms with Crippen molar-refractivity contribution in [1.82, 2.24) is 9.55 Å². The zero-order valence-electron chi connectivity index (χ0n) is 12.6. The number of halogens is 4. The van der Waals surface area contributed by atoms with Crippen LogP contribution in [0.4, 0.5) is 13.2 Å². The van der Waals surface area contributed by atoms with Gasteiger partial charge in [-0.15, -0.1) is 11.3 Å². The van der Waals surface area contributed by atoms with Crippen LogP contribution in [-0.4, -0.2) is 9.55 Å². The highest BCUT2D eigenvalue weighted by Gasteiger charge is 2.31. The van der Waals surface area contributed by atoms with Gasteiger partial charge < -0.3 is 0 Å². The Morgan fingerprint density at radius 3 is 2.76 bits per heavy atom. The molecule has 3 aromatic rings. The van der Waals surface area contributed by atoms with Crippen molar-refractivity contribution in [2.45, 2.75) is 19.1 Å². The van der Waals surface area contributed by atoms with E-state index in [4.69, 9.17) is 0 Å². The van der Waals surface area contributed by atoms with Crippen LogP contribution in [0.25, 0.3) is 22.6 Å². The summed E-state index contributed by atoms with van der Waals surface area (Å²) >= 11 is 4.93. The van der Waals surface area contributed by atoms with Gasteiger partial charge in [-0.1, -0.05) is 0 Å². The Labute approximate surface area is 152 Å². The number of hydrogen-bond donors (Lipinski definition) is 0. The van der Waals surface area contributed by atoms with Gasteiger partial charge in [0.05, 0.1) is 20.3 Å². The minimum absolute atomic E-state index is 0.0744. The van der Waals surface area contributed by atoms with Crippen LogP contribution < -0.4 is 5.56 Å². The molecule has 1 aliphatic heterocycles. The van der Waals surface area contributed by atoms with Gasteiger partial charge in [-0.3, -0.25) is 9.36 Å². The highest BCUT2D eigenvalue weighted by molar-refractivity contribution is 9.11. The normalized spacial score (nSPS) is 15.9. The summed E-state index contributed by atoms with van der Waals surface area (Å²) in [5.41, 5.74) is 0.788. The van der Waals surface area contributed by atoms with Crippen molar-refractivity contribution in [3.8, 4) is 0 Å². The SMILES string of the molecule is O=c1c2ccc(C(F)(F)F)cc2nc2n1CCC2=Cc1csc(Br)c1. The van der Waals surface area contributed by atoms with E-state index in [0.717, 1.165) is 27.1 Å². The summed E-state index contributed by atoms with van der Waals surface area (Å²) in [4.78, 5) is 17.0. The number of hydrogen-bond acceptors (Lipinski definition) is 3. The second-order valence-corrected chi connectivity index (χ2v) is 8.02. The number of allylic oxidation sites excluding steroid dienone is 1. The largest absolute Gasteiger partial charge is 0.416 e. The molecule has 25 heavy (non-hydrogen) atoms. The molecule has 0 spiro atoms. The van der Waals surface area contributed by atoms with Crippen LogP contribution in [0.2, 0.25) is 0 Å². The zero-order chi connectivity index (χ0) is 17.8. The summed E-state index contributed by atoms with van der Waals surface area (Å²) in [7, 11) is 0. The van der Waals surface area contributed by atoms with Gasteiger partial charge in [-0.05, 0) is 69.2 Å². The molecule has 2 aromatic heterocycles. The predicted molar refractivity (Wildman–Crippen MR) is 95.5 cm³/mol. The molecule has 1 aromatic carbocycles. The summed E-state index contributed by atoms with van der Waals surface area (Å²) in [6.07, 6.45) is -1.92. The third kappa shape index (κ3) is 2.93. The Hall–Kier alpha value is -1.93. The highest BCUT2D eigenvalue weighted by Crippen LogP contribution is 2.33. The molecule has 0 radical (unpaired) electrons. The van der Waals surface area contributed by atoms with E-state index < -0.39 is 11.7 Å². The smallest absolute Gasteiger partial charge is 0.292 e. The standard InChI is InChI=1S/C17H10BrF3N2OS/c18-14-6-9(8-25-14)5-10-3-4-23-15(10)22-13-7-11(17(19,20)21)1-2-12(13)16(23)24/h1-2,5-8H,3-4H2. The zero-order valence-corrected chi connectivity index (χ0v) is 15.0. The van der Waals surface area contributed by atoms with Crippen LogP contribution in [0.5, 0.6) is 0 Å².